The number of hydrogen-bond donors (Lipinski definition) is 2. The first-order chi connectivity index (χ1) is 7.85. The van der Waals surface area contributed by atoms with E-state index < -0.39 is 0 Å². The van der Waals surface area contributed by atoms with Gasteiger partial charge in [0.05, 0.1) is 12.1 Å². The summed E-state index contributed by atoms with van der Waals surface area (Å²) in [7, 11) is 1.76. The second kappa shape index (κ2) is 5.68. The first kappa shape index (κ1) is 14.9. The van der Waals surface area contributed by atoms with E-state index >= 15 is 0 Å². The molecule has 1 aliphatic carbocycles. The first-order valence-electron chi connectivity index (χ1n) is 6.82. The molecule has 1 saturated carbocycles. The van der Waals surface area contributed by atoms with Crippen LogP contribution in [0, 0.1) is 11.3 Å². The van der Waals surface area contributed by atoms with Gasteiger partial charge in [0.25, 0.3) is 0 Å². The molecule has 1 aliphatic rings. The molecule has 17 heavy (non-hydrogen) atoms. The molecule has 0 aromatic heterocycles. The van der Waals surface area contributed by atoms with Crippen LogP contribution in [0.25, 0.3) is 0 Å². The summed E-state index contributed by atoms with van der Waals surface area (Å²) < 4.78 is 5.38. The van der Waals surface area contributed by atoms with E-state index in [0.29, 0.717) is 30.5 Å². The van der Waals surface area contributed by atoms with Gasteiger partial charge in [0.1, 0.15) is 0 Å². The molecule has 3 heteroatoms. The number of methoxy groups -OCH3 is 1. The zero-order valence-electron chi connectivity index (χ0n) is 12.2. The maximum absolute atomic E-state index is 6.00. The normalized spacial score (nSPS) is 27.4. The average Bonchev–Trinajstić information content (AvgIpc) is 2.57. The predicted octanol–water partition coefficient (Wildman–Crippen LogP) is 2.15. The lowest BCUT2D eigenvalue weighted by Gasteiger charge is -2.39. The molecule has 0 aromatic carbocycles. The Morgan fingerprint density at radius 1 is 1.47 bits per heavy atom. The summed E-state index contributed by atoms with van der Waals surface area (Å²) in [6.07, 6.45) is 3.80. The summed E-state index contributed by atoms with van der Waals surface area (Å²) in [4.78, 5) is 0. The summed E-state index contributed by atoms with van der Waals surface area (Å²) in [5.74, 6) is 0.483. The predicted molar refractivity (Wildman–Crippen MR) is 73.1 cm³/mol. The average molecular weight is 242 g/mol. The number of nitrogens with two attached hydrogens (primary N) is 1. The summed E-state index contributed by atoms with van der Waals surface area (Å²) in [6, 6.07) is 0.589. The molecular formula is C14H30N2O. The van der Waals surface area contributed by atoms with Crippen LogP contribution in [0.3, 0.4) is 0 Å². The fourth-order valence-electron chi connectivity index (χ4n) is 2.95. The van der Waals surface area contributed by atoms with Gasteiger partial charge in [-0.1, -0.05) is 27.7 Å². The maximum atomic E-state index is 6.00. The molecule has 3 N–H and O–H groups in total. The van der Waals surface area contributed by atoms with Crippen LogP contribution in [0.1, 0.15) is 47.0 Å². The van der Waals surface area contributed by atoms with Crippen molar-refractivity contribution in [2.24, 2.45) is 17.1 Å². The van der Waals surface area contributed by atoms with Crippen molar-refractivity contribution in [3.8, 4) is 0 Å². The molecule has 0 bridgehead atoms. The smallest absolute Gasteiger partial charge is 0.0659 e. The summed E-state index contributed by atoms with van der Waals surface area (Å²) in [5, 5.41) is 3.79. The highest BCUT2D eigenvalue weighted by molar-refractivity contribution is 4.98. The molecular weight excluding hydrogens is 212 g/mol. The molecule has 102 valence electrons. The zero-order chi connectivity index (χ0) is 13.1. The van der Waals surface area contributed by atoms with Crippen LogP contribution >= 0.6 is 0 Å². The molecule has 0 amide bonds. The van der Waals surface area contributed by atoms with Gasteiger partial charge in [-0.25, -0.2) is 0 Å². The van der Waals surface area contributed by atoms with Crippen LogP contribution in [0.2, 0.25) is 0 Å². The summed E-state index contributed by atoms with van der Waals surface area (Å²) in [6.45, 7) is 10.5. The first-order valence-corrected chi connectivity index (χ1v) is 6.82. The molecule has 2 unspecified atom stereocenters. The van der Waals surface area contributed by atoms with Crippen LogP contribution in [0.15, 0.2) is 0 Å². The van der Waals surface area contributed by atoms with E-state index in [1.54, 1.807) is 7.11 Å². The van der Waals surface area contributed by atoms with Gasteiger partial charge in [0.15, 0.2) is 0 Å². The van der Waals surface area contributed by atoms with Crippen molar-refractivity contribution in [1.29, 1.82) is 0 Å². The van der Waals surface area contributed by atoms with Gasteiger partial charge >= 0.3 is 0 Å². The Balaban J connectivity index is 2.67. The van der Waals surface area contributed by atoms with E-state index in [1.165, 1.54) is 19.3 Å². The number of hydrogen-bond acceptors (Lipinski definition) is 3. The lowest BCUT2D eigenvalue weighted by atomic mass is 9.85. The summed E-state index contributed by atoms with van der Waals surface area (Å²) in [5.41, 5.74) is 6.40. The lowest BCUT2D eigenvalue weighted by Crippen LogP contribution is -2.61. The second-order valence-electron chi connectivity index (χ2n) is 6.70. The molecule has 1 fully saturated rings. The van der Waals surface area contributed by atoms with Crippen LogP contribution < -0.4 is 11.1 Å². The van der Waals surface area contributed by atoms with Crippen molar-refractivity contribution < 1.29 is 4.74 Å². The lowest BCUT2D eigenvalue weighted by molar-refractivity contribution is 0.0733. The molecule has 0 saturated heterocycles. The molecule has 3 nitrogen and oxygen atoms in total. The zero-order valence-corrected chi connectivity index (χ0v) is 12.2. The number of nitrogens with one attached hydrogen (secondary N) is 1. The third-order valence-corrected chi connectivity index (χ3v) is 4.33. The minimum atomic E-state index is -0.0696. The van der Waals surface area contributed by atoms with E-state index in [4.69, 9.17) is 10.5 Å². The Labute approximate surface area is 106 Å². The van der Waals surface area contributed by atoms with Gasteiger partial charge in [0.2, 0.25) is 0 Å². The fraction of sp³-hybridized carbons (Fsp3) is 1.00. The van der Waals surface area contributed by atoms with E-state index in [0.717, 1.165) is 0 Å². The quantitative estimate of drug-likeness (QED) is 0.750. The van der Waals surface area contributed by atoms with Gasteiger partial charge < -0.3 is 15.8 Å². The summed E-state index contributed by atoms with van der Waals surface area (Å²) >= 11 is 0. The molecule has 0 aliphatic heterocycles. The SMILES string of the molecule is COCC(CN)(NC1CCC(C)(C)C1)C(C)C. The standard InChI is InChI=1S/C14H30N2O/c1-11(2)14(9-15,10-17-5)16-12-6-7-13(3,4)8-12/h11-12,16H,6-10,15H2,1-5H3. The van der Waals surface area contributed by atoms with Crippen LogP contribution in [-0.2, 0) is 4.74 Å². The molecule has 1 rings (SSSR count). The highest BCUT2D eigenvalue weighted by Crippen LogP contribution is 2.38. The maximum Gasteiger partial charge on any atom is 0.0659 e. The Kier molecular flexibility index (Phi) is 4.99. The van der Waals surface area contributed by atoms with E-state index in [9.17, 15) is 0 Å². The van der Waals surface area contributed by atoms with Gasteiger partial charge in [-0.05, 0) is 30.6 Å². The van der Waals surface area contributed by atoms with Crippen LogP contribution in [-0.4, -0.2) is 31.8 Å². The van der Waals surface area contributed by atoms with Gasteiger partial charge in [-0.2, -0.15) is 0 Å². The van der Waals surface area contributed by atoms with Crippen molar-refractivity contribution in [3.63, 3.8) is 0 Å². The van der Waals surface area contributed by atoms with E-state index in [-0.39, 0.29) is 5.54 Å². The molecule has 0 radical (unpaired) electrons. The van der Waals surface area contributed by atoms with Gasteiger partial charge in [0, 0.05) is 19.7 Å². The Morgan fingerprint density at radius 2 is 2.12 bits per heavy atom. The third kappa shape index (κ3) is 3.67. The highest BCUT2D eigenvalue weighted by atomic mass is 16.5. The third-order valence-electron chi connectivity index (χ3n) is 4.33. The number of rotatable bonds is 6. The topological polar surface area (TPSA) is 47.3 Å². The molecule has 0 heterocycles. The molecule has 2 atom stereocenters. The Bertz CT molecular complexity index is 240. The minimum Gasteiger partial charge on any atom is -0.383 e. The molecule has 0 spiro atoms. The van der Waals surface area contributed by atoms with Crippen LogP contribution in [0.4, 0.5) is 0 Å². The van der Waals surface area contributed by atoms with E-state index in [1.807, 2.05) is 0 Å². The van der Waals surface area contributed by atoms with Gasteiger partial charge in [-0.15, -0.1) is 0 Å². The Hall–Kier alpha value is -0.120. The van der Waals surface area contributed by atoms with Crippen molar-refractivity contribution in [2.75, 3.05) is 20.3 Å². The van der Waals surface area contributed by atoms with Crippen molar-refractivity contribution in [1.82, 2.24) is 5.32 Å². The highest BCUT2D eigenvalue weighted by Gasteiger charge is 2.38. The number of ether oxygens (including phenoxy) is 1. The van der Waals surface area contributed by atoms with Crippen molar-refractivity contribution in [2.45, 2.75) is 58.5 Å². The van der Waals surface area contributed by atoms with Crippen molar-refractivity contribution in [3.05, 3.63) is 0 Å². The second-order valence-corrected chi connectivity index (χ2v) is 6.70. The minimum absolute atomic E-state index is 0.0696. The van der Waals surface area contributed by atoms with Gasteiger partial charge in [-0.3, -0.25) is 0 Å². The monoisotopic (exact) mass is 242 g/mol. The van der Waals surface area contributed by atoms with E-state index in [2.05, 4.69) is 33.0 Å². The molecule has 0 aromatic rings. The fourth-order valence-corrected chi connectivity index (χ4v) is 2.95. The Morgan fingerprint density at radius 3 is 2.47 bits per heavy atom. The van der Waals surface area contributed by atoms with Crippen molar-refractivity contribution >= 4 is 0 Å². The van der Waals surface area contributed by atoms with Crippen LogP contribution in [0.5, 0.6) is 0 Å². The largest absolute Gasteiger partial charge is 0.383 e.